The molecular formula is C34H27NO2. The molecule has 1 aromatic heterocycles. The van der Waals surface area contributed by atoms with Crippen molar-refractivity contribution in [3.63, 3.8) is 0 Å². The summed E-state index contributed by atoms with van der Waals surface area (Å²) < 4.78 is 7.73. The van der Waals surface area contributed by atoms with Crippen molar-refractivity contribution < 1.29 is 9.53 Å². The van der Waals surface area contributed by atoms with Gasteiger partial charge in [0.05, 0.1) is 23.7 Å². The average molecular weight is 482 g/mol. The van der Waals surface area contributed by atoms with Crippen LogP contribution in [0, 0.1) is 0 Å². The van der Waals surface area contributed by atoms with Gasteiger partial charge in [-0.1, -0.05) is 66.7 Å². The second-order valence-corrected chi connectivity index (χ2v) is 9.39. The fourth-order valence-corrected chi connectivity index (χ4v) is 5.35. The van der Waals surface area contributed by atoms with Gasteiger partial charge >= 0.3 is 0 Å². The number of aromatic nitrogens is 1. The number of hydrogen-bond donors (Lipinski definition) is 0. The number of carbonyl (C=O) groups is 1. The second-order valence-electron chi connectivity index (χ2n) is 9.39. The zero-order valence-corrected chi connectivity index (χ0v) is 21.2. The van der Waals surface area contributed by atoms with Gasteiger partial charge < -0.3 is 9.30 Å². The molecule has 3 heteroatoms. The number of benzene rings is 5. The zero-order chi connectivity index (χ0) is 25.5. The van der Waals surface area contributed by atoms with Crippen molar-refractivity contribution in [1.82, 2.24) is 4.57 Å². The molecule has 0 atom stereocenters. The Hall–Kier alpha value is -4.63. The van der Waals surface area contributed by atoms with Crippen LogP contribution in [-0.4, -0.2) is 17.5 Å². The monoisotopic (exact) mass is 481 g/mol. The number of methoxy groups -OCH3 is 1. The molecule has 6 aromatic rings. The van der Waals surface area contributed by atoms with E-state index >= 15 is 0 Å². The van der Waals surface area contributed by atoms with Crippen molar-refractivity contribution in [2.45, 2.75) is 13.8 Å². The van der Waals surface area contributed by atoms with Crippen molar-refractivity contribution in [2.75, 3.05) is 7.11 Å². The molecule has 5 aromatic carbocycles. The lowest BCUT2D eigenvalue weighted by Crippen LogP contribution is -2.01. The number of nitrogens with zero attached hydrogens (tertiary/aromatic N) is 1. The largest absolute Gasteiger partial charge is 0.501 e. The Morgan fingerprint density at radius 3 is 2.11 bits per heavy atom. The standard InChI is InChI=1S/C34H27NO2/c1-22(36)34(23(2)37-3)27-16-14-24-13-15-25(19-28(24)20-27)26-17-18-33-31(21-26)30-11-7-8-12-32(30)35(33)29-9-5-4-6-10-29/h4-21H,1-3H3/b34-23+. The lowest BCUT2D eigenvalue weighted by Gasteiger charge is -2.11. The fourth-order valence-electron chi connectivity index (χ4n) is 5.35. The third kappa shape index (κ3) is 3.89. The van der Waals surface area contributed by atoms with Crippen LogP contribution in [0.5, 0.6) is 0 Å². The van der Waals surface area contributed by atoms with Crippen molar-refractivity contribution in [3.8, 4) is 16.8 Å². The third-order valence-corrected chi connectivity index (χ3v) is 7.16. The Balaban J connectivity index is 1.52. The van der Waals surface area contributed by atoms with Gasteiger partial charge in [0.2, 0.25) is 0 Å². The van der Waals surface area contributed by atoms with Crippen molar-refractivity contribution in [1.29, 1.82) is 0 Å². The minimum Gasteiger partial charge on any atom is -0.501 e. The van der Waals surface area contributed by atoms with E-state index in [4.69, 9.17) is 4.74 Å². The first kappa shape index (κ1) is 22.8. The first-order valence-electron chi connectivity index (χ1n) is 12.4. The number of carbonyl (C=O) groups excluding carboxylic acids is 1. The van der Waals surface area contributed by atoms with Gasteiger partial charge in [-0.3, -0.25) is 4.79 Å². The van der Waals surface area contributed by atoms with Crippen molar-refractivity contribution in [3.05, 3.63) is 121 Å². The summed E-state index contributed by atoms with van der Waals surface area (Å²) in [5.74, 6) is 0.623. The molecule has 6 rings (SSSR count). The van der Waals surface area contributed by atoms with Crippen LogP contribution >= 0.6 is 0 Å². The van der Waals surface area contributed by atoms with E-state index < -0.39 is 0 Å². The molecule has 3 nitrogen and oxygen atoms in total. The number of para-hydroxylation sites is 2. The summed E-state index contributed by atoms with van der Waals surface area (Å²) >= 11 is 0. The van der Waals surface area contributed by atoms with Crippen LogP contribution in [0.25, 0.3) is 55.0 Å². The lowest BCUT2D eigenvalue weighted by atomic mass is 9.95. The van der Waals surface area contributed by atoms with Gasteiger partial charge in [-0.25, -0.2) is 0 Å². The Labute approximate surface area is 216 Å². The molecular weight excluding hydrogens is 454 g/mol. The normalized spacial score (nSPS) is 12.2. The van der Waals surface area contributed by atoms with Crippen molar-refractivity contribution >= 4 is 43.9 Å². The first-order chi connectivity index (χ1) is 18.0. The predicted octanol–water partition coefficient (Wildman–Crippen LogP) is 8.57. The van der Waals surface area contributed by atoms with Gasteiger partial charge in [-0.05, 0) is 83.8 Å². The minimum atomic E-state index is -0.00453. The third-order valence-electron chi connectivity index (χ3n) is 7.16. The van der Waals surface area contributed by atoms with Gasteiger partial charge in [-0.2, -0.15) is 0 Å². The maximum atomic E-state index is 12.4. The van der Waals surface area contributed by atoms with E-state index in [0.717, 1.165) is 33.2 Å². The van der Waals surface area contributed by atoms with Crippen LogP contribution in [0.1, 0.15) is 19.4 Å². The average Bonchev–Trinajstić information content (AvgIpc) is 3.26. The topological polar surface area (TPSA) is 31.2 Å². The summed E-state index contributed by atoms with van der Waals surface area (Å²) in [7, 11) is 1.60. The van der Waals surface area contributed by atoms with Crippen LogP contribution in [0.2, 0.25) is 0 Å². The summed E-state index contributed by atoms with van der Waals surface area (Å²) in [6, 6.07) is 38.4. The molecule has 0 aliphatic carbocycles. The zero-order valence-electron chi connectivity index (χ0n) is 21.2. The Kier molecular flexibility index (Phi) is 5.61. The Morgan fingerprint density at radius 1 is 0.649 bits per heavy atom. The number of Topliss-reactive ketones (excluding diaryl/α,β-unsaturated/α-hetero) is 1. The second kappa shape index (κ2) is 9.11. The minimum absolute atomic E-state index is 0.00453. The Bertz CT molecular complexity index is 1840. The summed E-state index contributed by atoms with van der Waals surface area (Å²) in [6.07, 6.45) is 0. The molecule has 180 valence electrons. The molecule has 0 saturated heterocycles. The molecule has 0 N–H and O–H groups in total. The van der Waals surface area contributed by atoms with E-state index in [0.29, 0.717) is 11.3 Å². The Morgan fingerprint density at radius 2 is 1.32 bits per heavy atom. The number of ketones is 1. The van der Waals surface area contributed by atoms with Gasteiger partial charge in [-0.15, -0.1) is 0 Å². The van der Waals surface area contributed by atoms with E-state index in [2.05, 4.69) is 102 Å². The number of ether oxygens (including phenoxy) is 1. The van der Waals surface area contributed by atoms with Crippen LogP contribution in [0.15, 0.2) is 115 Å². The molecule has 0 fully saturated rings. The highest BCUT2D eigenvalue weighted by atomic mass is 16.5. The summed E-state index contributed by atoms with van der Waals surface area (Å²) in [5.41, 5.74) is 7.32. The van der Waals surface area contributed by atoms with E-state index in [9.17, 15) is 4.79 Å². The molecule has 37 heavy (non-hydrogen) atoms. The van der Waals surface area contributed by atoms with E-state index in [1.54, 1.807) is 14.0 Å². The SMILES string of the molecule is CO/C(C)=C(\C(C)=O)c1ccc2ccc(-c3ccc4c(c3)c3ccccc3n4-c3ccccc3)cc2c1. The van der Waals surface area contributed by atoms with Gasteiger partial charge in [0.15, 0.2) is 5.78 Å². The summed E-state index contributed by atoms with van der Waals surface area (Å²) in [4.78, 5) is 12.4. The van der Waals surface area contributed by atoms with Crippen molar-refractivity contribution in [2.24, 2.45) is 0 Å². The highest BCUT2D eigenvalue weighted by Gasteiger charge is 2.15. The molecule has 0 spiro atoms. The molecule has 1 heterocycles. The number of allylic oxidation sites excluding steroid dienone is 2. The predicted molar refractivity (Wildman–Crippen MR) is 154 cm³/mol. The summed E-state index contributed by atoms with van der Waals surface area (Å²) in [5, 5.41) is 4.68. The molecule has 0 bridgehead atoms. The number of rotatable bonds is 5. The molecule has 0 unspecified atom stereocenters. The molecule has 0 saturated carbocycles. The molecule has 0 aliphatic rings. The van der Waals surface area contributed by atoms with Crippen LogP contribution in [0.3, 0.4) is 0 Å². The maximum Gasteiger partial charge on any atom is 0.163 e. The quantitative estimate of drug-likeness (QED) is 0.182. The van der Waals surface area contributed by atoms with Crippen LogP contribution in [-0.2, 0) is 9.53 Å². The van der Waals surface area contributed by atoms with E-state index in [1.807, 2.05) is 19.1 Å². The van der Waals surface area contributed by atoms with Crippen LogP contribution < -0.4 is 0 Å². The fraction of sp³-hybridized carbons (Fsp3) is 0.0882. The highest BCUT2D eigenvalue weighted by molar-refractivity contribution is 6.20. The van der Waals surface area contributed by atoms with Gasteiger partial charge in [0.1, 0.15) is 5.76 Å². The van der Waals surface area contributed by atoms with E-state index in [1.165, 1.54) is 21.8 Å². The molecule has 0 amide bonds. The van der Waals surface area contributed by atoms with Crippen LogP contribution in [0.4, 0.5) is 0 Å². The van der Waals surface area contributed by atoms with E-state index in [-0.39, 0.29) is 5.78 Å². The maximum absolute atomic E-state index is 12.4. The molecule has 0 aliphatic heterocycles. The smallest absolute Gasteiger partial charge is 0.163 e. The van der Waals surface area contributed by atoms with Gasteiger partial charge in [0.25, 0.3) is 0 Å². The number of fused-ring (bicyclic) bond motifs is 4. The lowest BCUT2D eigenvalue weighted by molar-refractivity contribution is -0.111. The molecule has 0 radical (unpaired) electrons. The first-order valence-corrected chi connectivity index (χ1v) is 12.4. The van der Waals surface area contributed by atoms with Gasteiger partial charge in [0, 0.05) is 16.5 Å². The summed E-state index contributed by atoms with van der Waals surface area (Å²) in [6.45, 7) is 3.41. The highest BCUT2D eigenvalue weighted by Crippen LogP contribution is 2.36. The number of hydrogen-bond acceptors (Lipinski definition) is 2.